The number of ether oxygens (including phenoxy) is 1. The van der Waals surface area contributed by atoms with Crippen molar-refractivity contribution >= 4 is 21.8 Å². The van der Waals surface area contributed by atoms with Crippen molar-refractivity contribution in [2.75, 3.05) is 13.7 Å². The van der Waals surface area contributed by atoms with Crippen LogP contribution in [0.5, 0.6) is 0 Å². The number of H-pyrrole nitrogens is 1. The van der Waals surface area contributed by atoms with Gasteiger partial charge in [-0.2, -0.15) is 4.31 Å². The molecule has 0 bridgehead atoms. The SMILES string of the molecule is COC(=O)c1[nH]c(C)c(C(=O)CN(Cc2ccccn2)S(=O)(=O)c2ccc(F)cc2)c1C. The minimum Gasteiger partial charge on any atom is -0.464 e. The molecule has 3 aromatic rings. The number of rotatable bonds is 8. The molecule has 1 aromatic carbocycles. The number of esters is 1. The molecule has 0 aliphatic carbocycles. The first kappa shape index (κ1) is 23.3. The Morgan fingerprint density at radius 2 is 1.81 bits per heavy atom. The van der Waals surface area contributed by atoms with E-state index >= 15 is 0 Å². The molecule has 0 fully saturated rings. The maximum Gasteiger partial charge on any atom is 0.354 e. The van der Waals surface area contributed by atoms with E-state index in [4.69, 9.17) is 4.74 Å². The number of benzene rings is 1. The lowest BCUT2D eigenvalue weighted by molar-refractivity contribution is 0.0593. The number of carbonyl (C=O) groups is 2. The fraction of sp³-hybridized carbons (Fsp3) is 0.227. The molecule has 0 radical (unpaired) electrons. The molecule has 2 heterocycles. The van der Waals surface area contributed by atoms with E-state index < -0.39 is 34.1 Å². The molecule has 0 spiro atoms. The zero-order valence-electron chi connectivity index (χ0n) is 17.8. The van der Waals surface area contributed by atoms with Crippen molar-refractivity contribution < 1.29 is 27.1 Å². The summed E-state index contributed by atoms with van der Waals surface area (Å²) in [7, 11) is -2.93. The number of carbonyl (C=O) groups excluding carboxylic acids is 2. The molecule has 168 valence electrons. The molecular weight excluding hydrogens is 437 g/mol. The Balaban J connectivity index is 1.99. The minimum atomic E-state index is -4.15. The number of halogens is 1. The van der Waals surface area contributed by atoms with Crippen molar-refractivity contribution in [2.45, 2.75) is 25.3 Å². The Morgan fingerprint density at radius 3 is 2.41 bits per heavy atom. The molecule has 8 nitrogen and oxygen atoms in total. The minimum absolute atomic E-state index is 0.131. The van der Waals surface area contributed by atoms with Crippen molar-refractivity contribution in [1.82, 2.24) is 14.3 Å². The third-order valence-electron chi connectivity index (χ3n) is 4.94. The van der Waals surface area contributed by atoms with Gasteiger partial charge in [-0.1, -0.05) is 6.07 Å². The fourth-order valence-corrected chi connectivity index (χ4v) is 4.74. The number of nitrogens with zero attached hydrogens (tertiary/aromatic N) is 2. The van der Waals surface area contributed by atoms with Crippen LogP contribution in [0.1, 0.15) is 37.8 Å². The van der Waals surface area contributed by atoms with Crippen LogP contribution in [0.4, 0.5) is 4.39 Å². The number of sulfonamides is 1. The third-order valence-corrected chi connectivity index (χ3v) is 6.75. The largest absolute Gasteiger partial charge is 0.464 e. The Labute approximate surface area is 185 Å². The number of hydrogen-bond donors (Lipinski definition) is 1. The smallest absolute Gasteiger partial charge is 0.354 e. The maximum absolute atomic E-state index is 13.3. The zero-order chi connectivity index (χ0) is 23.5. The number of nitrogens with one attached hydrogen (secondary N) is 1. The average Bonchev–Trinajstić information content (AvgIpc) is 3.07. The number of ketones is 1. The number of aromatic nitrogens is 2. The summed E-state index contributed by atoms with van der Waals surface area (Å²) in [5.74, 6) is -1.72. The summed E-state index contributed by atoms with van der Waals surface area (Å²) in [5.41, 5.74) is 1.57. The van der Waals surface area contributed by atoms with Crippen LogP contribution in [0.2, 0.25) is 0 Å². The van der Waals surface area contributed by atoms with Gasteiger partial charge in [0.1, 0.15) is 11.5 Å². The van der Waals surface area contributed by atoms with E-state index in [1.807, 2.05) is 0 Å². The van der Waals surface area contributed by atoms with Crippen molar-refractivity contribution in [2.24, 2.45) is 0 Å². The summed E-state index contributed by atoms with van der Waals surface area (Å²) in [6, 6.07) is 9.39. The molecule has 32 heavy (non-hydrogen) atoms. The average molecular weight is 459 g/mol. The van der Waals surface area contributed by atoms with Crippen LogP contribution >= 0.6 is 0 Å². The van der Waals surface area contributed by atoms with Crippen molar-refractivity contribution in [1.29, 1.82) is 0 Å². The van der Waals surface area contributed by atoms with E-state index in [1.54, 1.807) is 32.0 Å². The van der Waals surface area contributed by atoms with Crippen LogP contribution in [-0.4, -0.2) is 48.1 Å². The highest BCUT2D eigenvalue weighted by Gasteiger charge is 2.30. The molecule has 0 saturated carbocycles. The second-order valence-corrected chi connectivity index (χ2v) is 9.03. The van der Waals surface area contributed by atoms with Gasteiger partial charge in [0.15, 0.2) is 5.78 Å². The highest BCUT2D eigenvalue weighted by molar-refractivity contribution is 7.89. The number of methoxy groups -OCH3 is 1. The number of hydrogen-bond acceptors (Lipinski definition) is 6. The first-order valence-electron chi connectivity index (χ1n) is 9.61. The van der Waals surface area contributed by atoms with Gasteiger partial charge in [-0.25, -0.2) is 17.6 Å². The summed E-state index contributed by atoms with van der Waals surface area (Å²) in [6.07, 6.45) is 1.52. The zero-order valence-corrected chi connectivity index (χ0v) is 18.6. The lowest BCUT2D eigenvalue weighted by Gasteiger charge is -2.21. The quantitative estimate of drug-likeness (QED) is 0.410. The fourth-order valence-electron chi connectivity index (χ4n) is 3.37. The topological polar surface area (TPSA) is 109 Å². The highest BCUT2D eigenvalue weighted by Crippen LogP contribution is 2.23. The van der Waals surface area contributed by atoms with Gasteiger partial charge in [0.25, 0.3) is 0 Å². The number of pyridine rings is 1. The normalized spacial score (nSPS) is 11.5. The third kappa shape index (κ3) is 4.76. The first-order valence-corrected chi connectivity index (χ1v) is 11.1. The molecule has 3 rings (SSSR count). The summed E-state index contributed by atoms with van der Waals surface area (Å²) in [4.78, 5) is 32.0. The molecule has 1 N–H and O–H groups in total. The van der Waals surface area contributed by atoms with Crippen molar-refractivity contribution in [3.63, 3.8) is 0 Å². The molecular formula is C22H22FN3O5S. The van der Waals surface area contributed by atoms with E-state index in [0.717, 1.165) is 28.6 Å². The Kier molecular flexibility index (Phi) is 6.85. The van der Waals surface area contributed by atoms with Crippen LogP contribution in [-0.2, 0) is 21.3 Å². The van der Waals surface area contributed by atoms with Gasteiger partial charge in [0.2, 0.25) is 10.0 Å². The second-order valence-electron chi connectivity index (χ2n) is 7.09. The molecule has 10 heteroatoms. The van der Waals surface area contributed by atoms with Gasteiger partial charge in [0.05, 0.1) is 30.8 Å². The van der Waals surface area contributed by atoms with Crippen LogP contribution < -0.4 is 0 Å². The van der Waals surface area contributed by atoms with E-state index in [9.17, 15) is 22.4 Å². The molecule has 0 atom stereocenters. The van der Waals surface area contributed by atoms with E-state index in [1.165, 1.54) is 13.3 Å². The van der Waals surface area contributed by atoms with Gasteiger partial charge in [-0.15, -0.1) is 0 Å². The number of Topliss-reactive ketones (excluding diaryl/α,β-unsaturated/α-hetero) is 1. The molecule has 0 unspecified atom stereocenters. The lowest BCUT2D eigenvalue weighted by atomic mass is 10.1. The van der Waals surface area contributed by atoms with Gasteiger partial charge in [-0.3, -0.25) is 9.78 Å². The summed E-state index contributed by atoms with van der Waals surface area (Å²) in [6.45, 7) is 2.53. The van der Waals surface area contributed by atoms with Crippen LogP contribution in [0.15, 0.2) is 53.6 Å². The summed E-state index contributed by atoms with van der Waals surface area (Å²) < 4.78 is 45.6. The summed E-state index contributed by atoms with van der Waals surface area (Å²) in [5, 5.41) is 0. The van der Waals surface area contributed by atoms with Crippen molar-refractivity contribution in [3.8, 4) is 0 Å². The molecule has 0 saturated heterocycles. The van der Waals surface area contributed by atoms with Gasteiger partial charge in [-0.05, 0) is 55.8 Å². The monoisotopic (exact) mass is 459 g/mol. The van der Waals surface area contributed by atoms with Crippen LogP contribution in [0, 0.1) is 19.7 Å². The van der Waals surface area contributed by atoms with Gasteiger partial charge in [0, 0.05) is 17.5 Å². The highest BCUT2D eigenvalue weighted by atomic mass is 32.2. The Hall–Kier alpha value is -3.37. The Morgan fingerprint density at radius 1 is 1.12 bits per heavy atom. The molecule has 0 amide bonds. The molecule has 0 aliphatic heterocycles. The summed E-state index contributed by atoms with van der Waals surface area (Å²) >= 11 is 0. The number of aryl methyl sites for hydroxylation is 1. The number of aromatic amines is 1. The standard InChI is InChI=1S/C22H22FN3O5S/c1-14-20(15(2)25-21(14)22(28)31-3)19(27)13-26(12-17-6-4-5-11-24-17)32(29,30)18-9-7-16(23)8-10-18/h4-11,25H,12-13H2,1-3H3. The van der Waals surface area contributed by atoms with E-state index in [0.29, 0.717) is 17.0 Å². The van der Waals surface area contributed by atoms with E-state index in [2.05, 4.69) is 9.97 Å². The van der Waals surface area contributed by atoms with Gasteiger partial charge >= 0.3 is 5.97 Å². The molecule has 2 aromatic heterocycles. The predicted molar refractivity (Wildman–Crippen MR) is 114 cm³/mol. The maximum atomic E-state index is 13.3. The Bertz CT molecular complexity index is 1240. The van der Waals surface area contributed by atoms with Crippen LogP contribution in [0.25, 0.3) is 0 Å². The van der Waals surface area contributed by atoms with Crippen molar-refractivity contribution in [3.05, 3.63) is 82.7 Å². The predicted octanol–water partition coefficient (Wildman–Crippen LogP) is 3.03. The molecule has 0 aliphatic rings. The second kappa shape index (κ2) is 9.41. The van der Waals surface area contributed by atoms with Gasteiger partial charge < -0.3 is 9.72 Å². The lowest BCUT2D eigenvalue weighted by Crippen LogP contribution is -2.36. The van der Waals surface area contributed by atoms with Crippen LogP contribution in [0.3, 0.4) is 0 Å². The van der Waals surface area contributed by atoms with E-state index in [-0.39, 0.29) is 22.7 Å². The first-order chi connectivity index (χ1) is 15.1.